The van der Waals surface area contributed by atoms with Gasteiger partial charge < -0.3 is 19.4 Å². The topological polar surface area (TPSA) is 93.1 Å². The number of carbonyl (C=O) groups excluding carboxylic acids is 2. The van der Waals surface area contributed by atoms with E-state index in [1.807, 2.05) is 0 Å². The van der Waals surface area contributed by atoms with E-state index < -0.39 is 23.8 Å². The van der Waals surface area contributed by atoms with E-state index in [2.05, 4.69) is 9.31 Å². The maximum absolute atomic E-state index is 13.0. The lowest BCUT2D eigenvalue weighted by molar-refractivity contribution is -0.180. The molecule has 2 radical (unpaired) electrons. The van der Waals surface area contributed by atoms with Crippen LogP contribution in [0.3, 0.4) is 0 Å². The Morgan fingerprint density at radius 1 is 1.33 bits per heavy atom. The normalized spacial score (nSPS) is 12.9. The van der Waals surface area contributed by atoms with Crippen LogP contribution in [-0.2, 0) is 18.9 Å². The number of alkyl halides is 2. The molecule has 0 amide bonds. The van der Waals surface area contributed by atoms with Gasteiger partial charge in [0.1, 0.15) is 0 Å². The van der Waals surface area contributed by atoms with Crippen LogP contribution in [0, 0.1) is 0 Å². The number of hydrogen-bond acceptors (Lipinski definition) is 6. The summed E-state index contributed by atoms with van der Waals surface area (Å²) in [4.78, 5) is 21.3. The Labute approximate surface area is 84.8 Å². The summed E-state index contributed by atoms with van der Waals surface area (Å²) >= 11 is 0. The average molecular weight is 222 g/mol. The summed E-state index contributed by atoms with van der Waals surface area (Å²) in [6.45, 7) is 0.734. The Kier molecular flexibility index (Phi) is 5.40. The van der Waals surface area contributed by atoms with E-state index >= 15 is 0 Å². The largest absolute Gasteiger partial charge is 0.571 e. The maximum atomic E-state index is 13.0. The third-order valence-electron chi connectivity index (χ3n) is 1.33. The lowest BCUT2D eigenvalue weighted by Gasteiger charge is -2.22. The molecule has 0 rings (SSSR count). The average Bonchev–Trinajstić information content (AvgIpc) is 2.13. The first-order chi connectivity index (χ1) is 6.87. The van der Waals surface area contributed by atoms with Gasteiger partial charge in [0.2, 0.25) is 0 Å². The van der Waals surface area contributed by atoms with Crippen LogP contribution in [0.1, 0.15) is 6.92 Å². The Balaban J connectivity index is 4.76. The molecule has 82 valence electrons. The fraction of sp³-hybridized carbons (Fsp3) is 0.600. The van der Waals surface area contributed by atoms with Crippen LogP contribution >= 0.6 is 0 Å². The zero-order valence-corrected chi connectivity index (χ0v) is 7.52. The molecule has 0 aromatic rings. The number of halogens is 2. The van der Waals surface area contributed by atoms with Crippen molar-refractivity contribution in [2.45, 2.75) is 19.0 Å². The van der Waals surface area contributed by atoms with E-state index in [4.69, 9.17) is 10.0 Å². The van der Waals surface area contributed by atoms with Gasteiger partial charge in [0.15, 0.2) is 11.9 Å². The van der Waals surface area contributed by atoms with Gasteiger partial charge in [-0.3, -0.25) is 4.79 Å². The lowest BCUT2D eigenvalue weighted by Crippen LogP contribution is -2.49. The van der Waals surface area contributed by atoms with Crippen LogP contribution in [0.4, 0.5) is 8.78 Å². The lowest BCUT2D eigenvalue weighted by atomic mass is 10.1. The number of Topliss-reactive ketones (excluding diaryl/α,β-unsaturated/α-hetero) is 1. The Morgan fingerprint density at radius 2 is 1.87 bits per heavy atom. The van der Waals surface area contributed by atoms with Crippen LogP contribution in [0.25, 0.3) is 0 Å². The highest BCUT2D eigenvalue weighted by molar-refractivity contribution is 6.21. The molecule has 15 heavy (non-hydrogen) atoms. The van der Waals surface area contributed by atoms with Gasteiger partial charge in [0.25, 0.3) is 0 Å². The summed E-state index contributed by atoms with van der Waals surface area (Å²) in [6, 6.07) is 0. The highest BCUT2D eigenvalue weighted by atomic mass is 19.3. The number of hydrogen-bond donors (Lipinski definition) is 2. The maximum Gasteiger partial charge on any atom is 0.571 e. The monoisotopic (exact) mass is 222 g/mol. The molecular formula is C5H6B2F2O6. The molecule has 0 aliphatic carbocycles. The number of carbonyl (C=O) groups is 2. The van der Waals surface area contributed by atoms with Gasteiger partial charge >= 0.3 is 27.3 Å². The molecule has 0 bridgehead atoms. The molecule has 0 saturated heterocycles. The molecule has 10 heteroatoms. The third kappa shape index (κ3) is 3.57. The van der Waals surface area contributed by atoms with Crippen molar-refractivity contribution in [3.63, 3.8) is 0 Å². The molecule has 1 unspecified atom stereocenters. The van der Waals surface area contributed by atoms with Crippen LogP contribution in [0.5, 0.6) is 0 Å². The quantitative estimate of drug-likeness (QED) is 0.514. The first-order valence-corrected chi connectivity index (χ1v) is 3.54. The highest BCUT2D eigenvalue weighted by Crippen LogP contribution is 2.23. The first-order valence-electron chi connectivity index (χ1n) is 3.54. The molecule has 0 aliphatic heterocycles. The minimum atomic E-state index is -4.32. The Hall–Kier alpha value is -0.990. The van der Waals surface area contributed by atoms with Crippen LogP contribution in [-0.4, -0.2) is 49.2 Å². The van der Waals surface area contributed by atoms with Crippen LogP contribution < -0.4 is 0 Å². The Morgan fingerprint density at radius 3 is 2.20 bits per heavy atom. The molecule has 0 spiro atoms. The van der Waals surface area contributed by atoms with Gasteiger partial charge in [-0.05, 0) is 6.92 Å². The van der Waals surface area contributed by atoms with E-state index in [0.717, 1.165) is 6.92 Å². The molecule has 2 N–H and O–H groups in total. The van der Waals surface area contributed by atoms with E-state index in [0.29, 0.717) is 0 Å². The molecule has 0 aromatic heterocycles. The Bertz CT molecular complexity index is 248. The first kappa shape index (κ1) is 14.0. The predicted octanol–water partition coefficient (Wildman–Crippen LogP) is -1.81. The van der Waals surface area contributed by atoms with Crippen molar-refractivity contribution in [3.05, 3.63) is 0 Å². The fourth-order valence-electron chi connectivity index (χ4n) is 0.731. The van der Waals surface area contributed by atoms with E-state index in [1.54, 1.807) is 0 Å². The standard InChI is InChI=1S/C5H6B2F2O6/c1-2(10)3(14-6-12)5(8,9)4(11)15-7-13/h3,12-13H,1H3. The summed E-state index contributed by atoms with van der Waals surface area (Å²) in [5, 5.41) is 16.1. The molecule has 0 fully saturated rings. The number of ketones is 1. The van der Waals surface area contributed by atoms with Crippen molar-refractivity contribution in [2.75, 3.05) is 0 Å². The fourth-order valence-corrected chi connectivity index (χ4v) is 0.731. The van der Waals surface area contributed by atoms with E-state index in [1.165, 1.54) is 0 Å². The highest BCUT2D eigenvalue weighted by Gasteiger charge is 2.52. The minimum absolute atomic E-state index is 0.143. The number of rotatable bonds is 6. The van der Waals surface area contributed by atoms with Gasteiger partial charge in [-0.15, -0.1) is 0 Å². The molecule has 0 aromatic carbocycles. The predicted molar refractivity (Wildman–Crippen MR) is 42.5 cm³/mol. The van der Waals surface area contributed by atoms with Crippen LogP contribution in [0.2, 0.25) is 0 Å². The van der Waals surface area contributed by atoms with Crippen molar-refractivity contribution in [1.82, 2.24) is 0 Å². The minimum Gasteiger partial charge on any atom is -0.506 e. The van der Waals surface area contributed by atoms with Crippen molar-refractivity contribution < 1.29 is 37.7 Å². The van der Waals surface area contributed by atoms with Gasteiger partial charge in [0, 0.05) is 0 Å². The van der Waals surface area contributed by atoms with Crippen molar-refractivity contribution in [2.24, 2.45) is 0 Å². The molecule has 0 heterocycles. The van der Waals surface area contributed by atoms with Gasteiger partial charge in [-0.25, -0.2) is 4.79 Å². The molecule has 0 saturated carbocycles. The zero-order valence-electron chi connectivity index (χ0n) is 7.52. The van der Waals surface area contributed by atoms with Crippen molar-refractivity contribution in [1.29, 1.82) is 0 Å². The van der Waals surface area contributed by atoms with Gasteiger partial charge in [-0.2, -0.15) is 8.78 Å². The summed E-state index contributed by atoms with van der Waals surface area (Å²) in [6.07, 6.45) is -2.50. The van der Waals surface area contributed by atoms with E-state index in [-0.39, 0.29) is 15.4 Å². The van der Waals surface area contributed by atoms with Gasteiger partial charge in [-0.1, -0.05) is 0 Å². The second-order valence-electron chi connectivity index (χ2n) is 2.37. The van der Waals surface area contributed by atoms with Crippen molar-refractivity contribution >= 4 is 27.1 Å². The zero-order chi connectivity index (χ0) is 12.1. The second-order valence-corrected chi connectivity index (χ2v) is 2.37. The summed E-state index contributed by atoms with van der Waals surface area (Å²) in [5.41, 5.74) is 0. The van der Waals surface area contributed by atoms with Gasteiger partial charge in [0.05, 0.1) is 0 Å². The molecular weight excluding hydrogens is 216 g/mol. The molecule has 1 atom stereocenters. The summed E-state index contributed by atoms with van der Waals surface area (Å²) < 4.78 is 33.4. The smallest absolute Gasteiger partial charge is 0.506 e. The van der Waals surface area contributed by atoms with Crippen molar-refractivity contribution in [3.8, 4) is 0 Å². The molecule has 0 aliphatic rings. The second kappa shape index (κ2) is 5.79. The molecule has 6 nitrogen and oxygen atoms in total. The summed E-state index contributed by atoms with van der Waals surface area (Å²) in [5.74, 6) is -7.68. The SMILES string of the molecule is CC(=O)C(O[B]O)C(F)(F)C(=O)O[B]O. The van der Waals surface area contributed by atoms with E-state index in [9.17, 15) is 18.4 Å². The third-order valence-corrected chi connectivity index (χ3v) is 1.33. The van der Waals surface area contributed by atoms with Crippen LogP contribution in [0.15, 0.2) is 0 Å². The summed E-state index contributed by atoms with van der Waals surface area (Å²) in [7, 11) is -0.397.